The molecule has 0 fully saturated rings. The fourth-order valence-corrected chi connectivity index (χ4v) is 2.51. The third-order valence-electron chi connectivity index (χ3n) is 3.95. The average molecular weight is 332 g/mol. The Balaban J connectivity index is 2.03. The summed E-state index contributed by atoms with van der Waals surface area (Å²) in [5.41, 5.74) is 0.954. The van der Waals surface area contributed by atoms with E-state index in [2.05, 4.69) is 6.92 Å². The molecule has 1 aromatic carbocycles. The van der Waals surface area contributed by atoms with E-state index in [0.29, 0.717) is 0 Å². The maximum Gasteiger partial charge on any atom is 0.309 e. The summed E-state index contributed by atoms with van der Waals surface area (Å²) in [6.07, 6.45) is 12.9. The molecule has 0 aliphatic rings. The summed E-state index contributed by atoms with van der Waals surface area (Å²) in [6.45, 7) is 2.49. The third kappa shape index (κ3) is 11.0. The molecule has 0 aromatic heterocycles. The quantitative estimate of drug-likeness (QED) is 0.308. The predicted octanol–water partition coefficient (Wildman–Crippen LogP) is 5.18. The van der Waals surface area contributed by atoms with Gasteiger partial charge in [-0.05, 0) is 18.4 Å². The van der Waals surface area contributed by atoms with Gasteiger partial charge in [0.2, 0.25) is 0 Å². The van der Waals surface area contributed by atoms with Gasteiger partial charge in [0.05, 0.1) is 12.5 Å². The number of aliphatic hydroxyl groups excluding tert-OH is 1. The molecule has 3 heteroatoms. The Morgan fingerprint density at radius 1 is 1.08 bits per heavy atom. The van der Waals surface area contributed by atoms with E-state index < -0.39 is 6.10 Å². The van der Waals surface area contributed by atoms with Crippen LogP contribution in [0.5, 0.6) is 0 Å². The molecule has 0 amide bonds. The highest BCUT2D eigenvalue weighted by atomic mass is 16.5. The molecule has 0 radical (unpaired) electrons. The van der Waals surface area contributed by atoms with E-state index in [1.165, 1.54) is 38.5 Å². The van der Waals surface area contributed by atoms with Crippen LogP contribution in [0.4, 0.5) is 0 Å². The van der Waals surface area contributed by atoms with Crippen LogP contribution in [0, 0.1) is 0 Å². The summed E-state index contributed by atoms with van der Waals surface area (Å²) in [5, 5.41) is 9.83. The lowest BCUT2D eigenvalue weighted by Gasteiger charge is -2.07. The Kier molecular flexibility index (Phi) is 11.7. The van der Waals surface area contributed by atoms with Crippen molar-refractivity contribution in [1.29, 1.82) is 0 Å². The molecule has 24 heavy (non-hydrogen) atoms. The third-order valence-corrected chi connectivity index (χ3v) is 3.95. The van der Waals surface area contributed by atoms with Gasteiger partial charge >= 0.3 is 5.97 Å². The Morgan fingerprint density at radius 3 is 2.46 bits per heavy atom. The second-order valence-electron chi connectivity index (χ2n) is 6.26. The van der Waals surface area contributed by atoms with Gasteiger partial charge < -0.3 is 9.84 Å². The maximum absolute atomic E-state index is 11.7. The van der Waals surface area contributed by atoms with Crippen LogP contribution in [-0.4, -0.2) is 17.2 Å². The smallest absolute Gasteiger partial charge is 0.309 e. The van der Waals surface area contributed by atoms with Crippen LogP contribution in [0.1, 0.15) is 70.3 Å². The lowest BCUT2D eigenvalue weighted by atomic mass is 10.1. The second kappa shape index (κ2) is 13.8. The van der Waals surface area contributed by atoms with E-state index in [1.54, 1.807) is 6.08 Å². The van der Waals surface area contributed by atoms with Gasteiger partial charge in [-0.1, -0.05) is 87.9 Å². The molecular weight excluding hydrogens is 300 g/mol. The van der Waals surface area contributed by atoms with Crippen molar-refractivity contribution in [3.63, 3.8) is 0 Å². The van der Waals surface area contributed by atoms with Gasteiger partial charge in [-0.2, -0.15) is 0 Å². The minimum atomic E-state index is -0.752. The van der Waals surface area contributed by atoms with E-state index in [0.717, 1.165) is 18.4 Å². The summed E-state index contributed by atoms with van der Waals surface area (Å²) in [5.74, 6) is -0.369. The van der Waals surface area contributed by atoms with Crippen LogP contribution in [0.2, 0.25) is 0 Å². The van der Waals surface area contributed by atoms with Crippen molar-refractivity contribution in [2.24, 2.45) is 0 Å². The minimum Gasteiger partial charge on any atom is -0.461 e. The monoisotopic (exact) mass is 332 g/mol. The Labute approximate surface area is 146 Å². The predicted molar refractivity (Wildman–Crippen MR) is 98.6 cm³/mol. The summed E-state index contributed by atoms with van der Waals surface area (Å²) in [6, 6.07) is 9.55. The zero-order chi connectivity index (χ0) is 17.5. The van der Waals surface area contributed by atoms with Gasteiger partial charge in [-0.3, -0.25) is 4.79 Å². The van der Waals surface area contributed by atoms with Gasteiger partial charge in [0, 0.05) is 0 Å². The lowest BCUT2D eigenvalue weighted by molar-refractivity contribution is -0.146. The number of rotatable bonds is 13. The summed E-state index contributed by atoms with van der Waals surface area (Å²) < 4.78 is 5.16. The lowest BCUT2D eigenvalue weighted by Crippen LogP contribution is -2.13. The number of aliphatic hydroxyl groups is 1. The molecule has 0 spiro atoms. The number of unbranched alkanes of at least 4 members (excludes halogenated alkanes) is 7. The molecule has 0 aliphatic carbocycles. The first-order valence-corrected chi connectivity index (χ1v) is 9.26. The molecule has 3 nitrogen and oxygen atoms in total. The summed E-state index contributed by atoms with van der Waals surface area (Å²) >= 11 is 0. The number of benzene rings is 1. The molecular formula is C21H32O3. The molecule has 134 valence electrons. The molecule has 1 atom stereocenters. The number of hydrogen-bond acceptors (Lipinski definition) is 3. The summed E-state index contributed by atoms with van der Waals surface area (Å²) in [7, 11) is 0. The fraction of sp³-hybridized carbons (Fsp3) is 0.571. The molecule has 0 unspecified atom stereocenters. The molecule has 1 rings (SSSR count). The molecule has 0 aliphatic heterocycles. The van der Waals surface area contributed by atoms with E-state index in [9.17, 15) is 9.90 Å². The van der Waals surface area contributed by atoms with Crippen LogP contribution < -0.4 is 0 Å². The zero-order valence-corrected chi connectivity index (χ0v) is 15.0. The Hall–Kier alpha value is -1.61. The van der Waals surface area contributed by atoms with Gasteiger partial charge in [0.15, 0.2) is 0 Å². The van der Waals surface area contributed by atoms with Crippen molar-refractivity contribution in [3.8, 4) is 0 Å². The largest absolute Gasteiger partial charge is 0.461 e. The molecule has 0 bridgehead atoms. The first-order valence-electron chi connectivity index (χ1n) is 9.26. The van der Waals surface area contributed by atoms with Gasteiger partial charge in [-0.25, -0.2) is 0 Å². The average Bonchev–Trinajstić information content (AvgIpc) is 2.59. The van der Waals surface area contributed by atoms with Crippen LogP contribution in [0.3, 0.4) is 0 Å². The first kappa shape index (κ1) is 20.4. The van der Waals surface area contributed by atoms with Crippen LogP contribution in [0.25, 0.3) is 0 Å². The standard InChI is InChI=1S/C21H32O3/c1-2-3-4-5-6-7-8-9-13-16-20(22)17-21(23)24-18-19-14-11-10-12-15-19/h10-16,20,22H,2-9,17-18H2,1H3/t20-/m0/s1. The highest BCUT2D eigenvalue weighted by Gasteiger charge is 2.09. The van der Waals surface area contributed by atoms with Crippen LogP contribution in [-0.2, 0) is 16.1 Å². The number of carbonyl (C=O) groups excluding carboxylic acids is 1. The van der Waals surface area contributed by atoms with Crippen LogP contribution >= 0.6 is 0 Å². The molecule has 0 saturated carbocycles. The zero-order valence-electron chi connectivity index (χ0n) is 15.0. The number of allylic oxidation sites excluding steroid dienone is 1. The Bertz CT molecular complexity index is 453. The minimum absolute atomic E-state index is 0.0142. The summed E-state index contributed by atoms with van der Waals surface area (Å²) in [4.78, 5) is 11.7. The van der Waals surface area contributed by atoms with Crippen molar-refractivity contribution >= 4 is 5.97 Å². The fourth-order valence-electron chi connectivity index (χ4n) is 2.51. The molecule has 1 N–H and O–H groups in total. The Morgan fingerprint density at radius 2 is 1.75 bits per heavy atom. The highest BCUT2D eigenvalue weighted by molar-refractivity contribution is 5.70. The maximum atomic E-state index is 11.7. The molecule has 0 heterocycles. The van der Waals surface area contributed by atoms with E-state index in [4.69, 9.17) is 4.74 Å². The number of esters is 1. The van der Waals surface area contributed by atoms with E-state index in [-0.39, 0.29) is 19.0 Å². The van der Waals surface area contributed by atoms with Gasteiger partial charge in [0.1, 0.15) is 6.61 Å². The van der Waals surface area contributed by atoms with Crippen molar-refractivity contribution in [1.82, 2.24) is 0 Å². The van der Waals surface area contributed by atoms with Crippen molar-refractivity contribution in [3.05, 3.63) is 48.0 Å². The molecule has 0 saturated heterocycles. The molecule has 1 aromatic rings. The first-order chi connectivity index (χ1) is 11.7. The topological polar surface area (TPSA) is 46.5 Å². The van der Waals surface area contributed by atoms with Gasteiger partial charge in [-0.15, -0.1) is 0 Å². The normalized spacial score (nSPS) is 12.4. The SMILES string of the molecule is CCCCCCCCCC=C[C@H](O)CC(=O)OCc1ccccc1. The number of hydrogen-bond donors (Lipinski definition) is 1. The van der Waals surface area contributed by atoms with Crippen molar-refractivity contribution in [2.45, 2.75) is 77.4 Å². The van der Waals surface area contributed by atoms with Crippen molar-refractivity contribution < 1.29 is 14.6 Å². The number of carbonyl (C=O) groups is 1. The van der Waals surface area contributed by atoms with E-state index in [1.807, 2.05) is 36.4 Å². The second-order valence-corrected chi connectivity index (χ2v) is 6.26. The highest BCUT2D eigenvalue weighted by Crippen LogP contribution is 2.09. The van der Waals surface area contributed by atoms with Crippen molar-refractivity contribution in [2.75, 3.05) is 0 Å². The number of ether oxygens (including phenoxy) is 1. The van der Waals surface area contributed by atoms with Gasteiger partial charge in [0.25, 0.3) is 0 Å². The van der Waals surface area contributed by atoms with E-state index >= 15 is 0 Å². The van der Waals surface area contributed by atoms with Crippen LogP contribution in [0.15, 0.2) is 42.5 Å².